The van der Waals surface area contributed by atoms with Crippen LogP contribution >= 0.6 is 22.9 Å². The first kappa shape index (κ1) is 12.6. The molecule has 0 spiro atoms. The van der Waals surface area contributed by atoms with Crippen molar-refractivity contribution in [3.8, 4) is 0 Å². The standard InChI is InChI=1S/C13H24IN3/c14-17-5-3-13(4-6-17)16-9-7-15(8-10-16)11-12-1-2-12/h12-13H,1-11H2. The van der Waals surface area contributed by atoms with Gasteiger partial charge in [0.1, 0.15) is 0 Å². The second-order valence-corrected chi connectivity index (χ2v) is 7.29. The maximum absolute atomic E-state index is 2.76. The lowest BCUT2D eigenvalue weighted by Crippen LogP contribution is -2.52. The molecule has 3 fully saturated rings. The summed E-state index contributed by atoms with van der Waals surface area (Å²) in [5.74, 6) is 1.06. The molecule has 2 heterocycles. The molecule has 1 saturated carbocycles. The van der Waals surface area contributed by atoms with Gasteiger partial charge in [-0.3, -0.25) is 4.90 Å². The molecule has 1 aliphatic carbocycles. The SMILES string of the molecule is IN1CCC(N2CCN(CC3CC3)CC2)CC1. The third-order valence-corrected chi connectivity index (χ3v) is 5.51. The molecule has 98 valence electrons. The molecule has 0 radical (unpaired) electrons. The summed E-state index contributed by atoms with van der Waals surface area (Å²) >= 11 is 2.47. The molecule has 2 saturated heterocycles. The van der Waals surface area contributed by atoms with Crippen molar-refractivity contribution in [2.45, 2.75) is 31.7 Å². The Morgan fingerprint density at radius 3 is 2.06 bits per heavy atom. The van der Waals surface area contributed by atoms with Gasteiger partial charge in [-0.25, -0.2) is 3.11 Å². The Bertz CT molecular complexity index is 241. The molecule has 0 bridgehead atoms. The molecule has 0 aromatic carbocycles. The summed E-state index contributed by atoms with van der Waals surface area (Å²) < 4.78 is 2.44. The van der Waals surface area contributed by atoms with Gasteiger partial charge < -0.3 is 4.90 Å². The zero-order valence-corrected chi connectivity index (χ0v) is 12.8. The Hall–Kier alpha value is 0.610. The van der Waals surface area contributed by atoms with E-state index in [2.05, 4.69) is 35.8 Å². The molecule has 3 aliphatic rings. The van der Waals surface area contributed by atoms with Crippen LogP contribution in [0.1, 0.15) is 25.7 Å². The first-order valence-electron chi connectivity index (χ1n) is 7.18. The number of hydrogen-bond acceptors (Lipinski definition) is 3. The highest BCUT2D eigenvalue weighted by Gasteiger charge is 2.29. The first-order chi connectivity index (χ1) is 8.31. The second kappa shape index (κ2) is 5.72. The van der Waals surface area contributed by atoms with Gasteiger partial charge in [-0.15, -0.1) is 0 Å². The fourth-order valence-electron chi connectivity index (χ4n) is 3.18. The number of rotatable bonds is 3. The van der Waals surface area contributed by atoms with Crippen LogP contribution in [-0.4, -0.2) is 64.8 Å². The molecule has 0 N–H and O–H groups in total. The van der Waals surface area contributed by atoms with Gasteiger partial charge >= 0.3 is 0 Å². The predicted molar refractivity (Wildman–Crippen MR) is 79.4 cm³/mol. The highest BCUT2D eigenvalue weighted by atomic mass is 127. The van der Waals surface area contributed by atoms with Gasteiger partial charge in [0.15, 0.2) is 0 Å². The van der Waals surface area contributed by atoms with E-state index in [9.17, 15) is 0 Å². The molecule has 3 rings (SSSR count). The quantitative estimate of drug-likeness (QED) is 0.569. The molecule has 4 heteroatoms. The fourth-order valence-corrected chi connectivity index (χ4v) is 3.73. The van der Waals surface area contributed by atoms with E-state index < -0.39 is 0 Å². The van der Waals surface area contributed by atoms with E-state index in [0.717, 1.165) is 12.0 Å². The zero-order chi connectivity index (χ0) is 11.7. The topological polar surface area (TPSA) is 9.72 Å². The highest BCUT2D eigenvalue weighted by molar-refractivity contribution is 14.1. The largest absolute Gasteiger partial charge is 0.301 e. The monoisotopic (exact) mass is 349 g/mol. The van der Waals surface area contributed by atoms with Crippen LogP contribution in [-0.2, 0) is 0 Å². The van der Waals surface area contributed by atoms with Crippen LogP contribution in [0.2, 0.25) is 0 Å². The first-order valence-corrected chi connectivity index (χ1v) is 8.15. The molecule has 3 nitrogen and oxygen atoms in total. The Morgan fingerprint density at radius 2 is 1.47 bits per heavy atom. The summed E-state index contributed by atoms with van der Waals surface area (Å²) in [6.07, 6.45) is 5.75. The van der Waals surface area contributed by atoms with Crippen LogP contribution in [0.3, 0.4) is 0 Å². The van der Waals surface area contributed by atoms with E-state index in [1.54, 1.807) is 0 Å². The molecular formula is C13H24IN3. The maximum atomic E-state index is 2.76. The zero-order valence-electron chi connectivity index (χ0n) is 10.7. The Labute approximate surface area is 119 Å². The third-order valence-electron chi connectivity index (χ3n) is 4.55. The van der Waals surface area contributed by atoms with E-state index in [0.29, 0.717) is 0 Å². The Morgan fingerprint density at radius 1 is 0.824 bits per heavy atom. The second-order valence-electron chi connectivity index (χ2n) is 5.92. The van der Waals surface area contributed by atoms with Crippen LogP contribution < -0.4 is 0 Å². The van der Waals surface area contributed by atoms with Crippen molar-refractivity contribution in [3.63, 3.8) is 0 Å². The number of hydrogen-bond donors (Lipinski definition) is 0. The lowest BCUT2D eigenvalue weighted by atomic mass is 10.0. The molecular weight excluding hydrogens is 325 g/mol. The van der Waals surface area contributed by atoms with Crippen LogP contribution in [0.25, 0.3) is 0 Å². The summed E-state index contributed by atoms with van der Waals surface area (Å²) in [6.45, 7) is 9.24. The van der Waals surface area contributed by atoms with Crippen LogP contribution in [0, 0.1) is 5.92 Å². The molecule has 0 atom stereocenters. The Balaban J connectivity index is 1.41. The maximum Gasteiger partial charge on any atom is 0.0201 e. The number of piperidine rings is 1. The fraction of sp³-hybridized carbons (Fsp3) is 1.00. The smallest absolute Gasteiger partial charge is 0.0201 e. The Kier molecular flexibility index (Phi) is 4.25. The summed E-state index contributed by atoms with van der Waals surface area (Å²) in [7, 11) is 0. The summed E-state index contributed by atoms with van der Waals surface area (Å²) in [5.41, 5.74) is 0. The van der Waals surface area contributed by atoms with Gasteiger partial charge in [-0.2, -0.15) is 0 Å². The van der Waals surface area contributed by atoms with Crippen LogP contribution in [0.15, 0.2) is 0 Å². The minimum Gasteiger partial charge on any atom is -0.301 e. The van der Waals surface area contributed by atoms with E-state index in [4.69, 9.17) is 0 Å². The van der Waals surface area contributed by atoms with E-state index >= 15 is 0 Å². The molecule has 0 unspecified atom stereocenters. The van der Waals surface area contributed by atoms with Crippen molar-refractivity contribution in [1.29, 1.82) is 0 Å². The predicted octanol–water partition coefficient (Wildman–Crippen LogP) is 1.83. The van der Waals surface area contributed by atoms with Crippen molar-refractivity contribution in [2.75, 3.05) is 45.8 Å². The lowest BCUT2D eigenvalue weighted by molar-refractivity contribution is 0.0736. The normalized spacial score (nSPS) is 30.9. The molecule has 17 heavy (non-hydrogen) atoms. The number of halogens is 1. The summed E-state index contributed by atoms with van der Waals surface area (Å²) in [4.78, 5) is 5.45. The average Bonchev–Trinajstić information content (AvgIpc) is 3.15. The van der Waals surface area contributed by atoms with Crippen molar-refractivity contribution >= 4 is 22.9 Å². The molecule has 0 amide bonds. The van der Waals surface area contributed by atoms with Gasteiger partial charge in [0.25, 0.3) is 0 Å². The van der Waals surface area contributed by atoms with Gasteiger partial charge in [0.05, 0.1) is 0 Å². The van der Waals surface area contributed by atoms with Crippen molar-refractivity contribution in [2.24, 2.45) is 5.92 Å². The number of piperazine rings is 1. The highest BCUT2D eigenvalue weighted by Crippen LogP contribution is 2.30. The van der Waals surface area contributed by atoms with Crippen molar-refractivity contribution in [1.82, 2.24) is 12.9 Å². The van der Waals surface area contributed by atoms with Gasteiger partial charge in [-0.05, 0) is 31.6 Å². The third kappa shape index (κ3) is 3.55. The lowest BCUT2D eigenvalue weighted by Gasteiger charge is -2.41. The van der Waals surface area contributed by atoms with Gasteiger partial charge in [-0.1, -0.05) is 0 Å². The molecule has 0 aromatic rings. The minimum absolute atomic E-state index is 0.879. The number of nitrogens with zero attached hydrogens (tertiary/aromatic N) is 3. The van der Waals surface area contributed by atoms with Crippen molar-refractivity contribution in [3.05, 3.63) is 0 Å². The molecule has 2 aliphatic heterocycles. The average molecular weight is 349 g/mol. The summed E-state index contributed by atoms with van der Waals surface area (Å²) in [5, 5.41) is 0. The molecule has 0 aromatic heterocycles. The van der Waals surface area contributed by atoms with Crippen LogP contribution in [0.4, 0.5) is 0 Å². The minimum atomic E-state index is 0.879. The summed E-state index contributed by atoms with van der Waals surface area (Å²) in [6, 6.07) is 0.879. The van der Waals surface area contributed by atoms with E-state index in [1.165, 1.54) is 71.5 Å². The van der Waals surface area contributed by atoms with Crippen LogP contribution in [0.5, 0.6) is 0 Å². The van der Waals surface area contributed by atoms with E-state index in [-0.39, 0.29) is 0 Å². The van der Waals surface area contributed by atoms with E-state index in [1.807, 2.05) is 0 Å². The van der Waals surface area contributed by atoms with Gasteiger partial charge in [0, 0.05) is 74.7 Å². The van der Waals surface area contributed by atoms with Gasteiger partial charge in [0.2, 0.25) is 0 Å². The van der Waals surface area contributed by atoms with Crippen molar-refractivity contribution < 1.29 is 0 Å².